The molecule has 21 heavy (non-hydrogen) atoms. The van der Waals surface area contributed by atoms with Crippen molar-refractivity contribution >= 4 is 11.6 Å². The van der Waals surface area contributed by atoms with Crippen LogP contribution in [0.15, 0.2) is 48.5 Å². The molecule has 0 amide bonds. The highest BCUT2D eigenvalue weighted by Gasteiger charge is 2.16. The third-order valence-electron chi connectivity index (χ3n) is 3.97. The van der Waals surface area contributed by atoms with E-state index < -0.39 is 0 Å². The molecule has 0 bridgehead atoms. The minimum Gasteiger partial charge on any atom is -0.457 e. The fourth-order valence-electron chi connectivity index (χ4n) is 2.80. The molecule has 0 spiro atoms. The Morgan fingerprint density at radius 2 is 1.81 bits per heavy atom. The van der Waals surface area contributed by atoms with Gasteiger partial charge in [0, 0.05) is 5.02 Å². The molecule has 1 aliphatic rings. The minimum absolute atomic E-state index is 0.718. The first-order valence-electron chi connectivity index (χ1n) is 7.53. The highest BCUT2D eigenvalue weighted by molar-refractivity contribution is 6.30. The lowest BCUT2D eigenvalue weighted by atomic mass is 9.90. The lowest BCUT2D eigenvalue weighted by molar-refractivity contribution is 0.367. The van der Waals surface area contributed by atoms with E-state index >= 15 is 0 Å². The van der Waals surface area contributed by atoms with Crippen molar-refractivity contribution < 1.29 is 4.74 Å². The number of ether oxygens (including phenoxy) is 1. The van der Waals surface area contributed by atoms with E-state index in [1.165, 1.54) is 18.4 Å². The third-order valence-corrected chi connectivity index (χ3v) is 4.20. The standard InChI is InChI=1S/C18H20ClNO/c19-16-7-6-15(12-14-8-10-20-11-9-14)18(13-16)21-17-4-2-1-3-5-17/h1-7,13-14,20H,8-12H2. The van der Waals surface area contributed by atoms with Crippen molar-refractivity contribution in [2.45, 2.75) is 19.3 Å². The van der Waals surface area contributed by atoms with E-state index in [9.17, 15) is 0 Å². The van der Waals surface area contributed by atoms with Crippen LogP contribution in [0.5, 0.6) is 11.5 Å². The molecule has 3 heteroatoms. The van der Waals surface area contributed by atoms with E-state index in [1.807, 2.05) is 42.5 Å². The maximum atomic E-state index is 6.14. The Bertz CT molecular complexity index is 579. The molecule has 0 radical (unpaired) electrons. The van der Waals surface area contributed by atoms with Gasteiger partial charge in [0.15, 0.2) is 0 Å². The molecule has 0 saturated carbocycles. The zero-order valence-electron chi connectivity index (χ0n) is 12.0. The van der Waals surface area contributed by atoms with Crippen LogP contribution in [0.1, 0.15) is 18.4 Å². The Hall–Kier alpha value is -1.51. The first-order valence-corrected chi connectivity index (χ1v) is 7.91. The van der Waals surface area contributed by atoms with Gasteiger partial charge in [0.05, 0.1) is 0 Å². The predicted molar refractivity (Wildman–Crippen MR) is 87.3 cm³/mol. The summed E-state index contributed by atoms with van der Waals surface area (Å²) in [6.07, 6.45) is 3.52. The number of benzene rings is 2. The van der Waals surface area contributed by atoms with Crippen LogP contribution in [-0.4, -0.2) is 13.1 Å². The van der Waals surface area contributed by atoms with E-state index in [1.54, 1.807) is 0 Å². The van der Waals surface area contributed by atoms with E-state index in [4.69, 9.17) is 16.3 Å². The van der Waals surface area contributed by atoms with Crippen LogP contribution in [0.25, 0.3) is 0 Å². The van der Waals surface area contributed by atoms with Gasteiger partial charge in [0.25, 0.3) is 0 Å². The predicted octanol–water partition coefficient (Wildman–Crippen LogP) is 4.67. The average Bonchev–Trinajstić information content (AvgIpc) is 2.52. The number of piperidine rings is 1. The van der Waals surface area contributed by atoms with E-state index in [-0.39, 0.29) is 0 Å². The third kappa shape index (κ3) is 3.99. The fraction of sp³-hybridized carbons (Fsp3) is 0.333. The molecule has 1 N–H and O–H groups in total. The van der Waals surface area contributed by atoms with Crippen LogP contribution >= 0.6 is 11.6 Å². The van der Waals surface area contributed by atoms with Gasteiger partial charge in [0.2, 0.25) is 0 Å². The molecule has 2 nitrogen and oxygen atoms in total. The van der Waals surface area contributed by atoms with E-state index in [0.29, 0.717) is 0 Å². The molecule has 1 saturated heterocycles. The molecule has 0 aliphatic carbocycles. The molecular weight excluding hydrogens is 282 g/mol. The van der Waals surface area contributed by atoms with Crippen molar-refractivity contribution in [3.63, 3.8) is 0 Å². The summed E-state index contributed by atoms with van der Waals surface area (Å²) in [5.41, 5.74) is 1.25. The number of hydrogen-bond acceptors (Lipinski definition) is 2. The lowest BCUT2D eigenvalue weighted by Crippen LogP contribution is -2.28. The van der Waals surface area contributed by atoms with Crippen LogP contribution in [0, 0.1) is 5.92 Å². The number of para-hydroxylation sites is 1. The minimum atomic E-state index is 0.718. The summed E-state index contributed by atoms with van der Waals surface area (Å²) in [7, 11) is 0. The Morgan fingerprint density at radius 1 is 1.05 bits per heavy atom. The maximum Gasteiger partial charge on any atom is 0.132 e. The van der Waals surface area contributed by atoms with Crippen molar-refractivity contribution in [1.82, 2.24) is 5.32 Å². The molecule has 0 atom stereocenters. The van der Waals surface area contributed by atoms with Gasteiger partial charge >= 0.3 is 0 Å². The first kappa shape index (κ1) is 14.4. The lowest BCUT2D eigenvalue weighted by Gasteiger charge is -2.23. The molecule has 1 fully saturated rings. The number of halogens is 1. The van der Waals surface area contributed by atoms with Gasteiger partial charge in [-0.25, -0.2) is 0 Å². The molecule has 1 aliphatic heterocycles. The second-order valence-electron chi connectivity index (χ2n) is 5.56. The van der Waals surface area contributed by atoms with Crippen molar-refractivity contribution in [2.75, 3.05) is 13.1 Å². The molecule has 1 heterocycles. The molecule has 110 valence electrons. The van der Waals surface area contributed by atoms with Gasteiger partial charge in [-0.3, -0.25) is 0 Å². The number of rotatable bonds is 4. The molecule has 2 aromatic rings. The van der Waals surface area contributed by atoms with Crippen LogP contribution in [-0.2, 0) is 6.42 Å². The van der Waals surface area contributed by atoms with Gasteiger partial charge in [-0.2, -0.15) is 0 Å². The smallest absolute Gasteiger partial charge is 0.132 e. The molecule has 0 aromatic heterocycles. The number of nitrogens with one attached hydrogen (secondary N) is 1. The summed E-state index contributed by atoms with van der Waals surface area (Å²) in [5.74, 6) is 2.46. The highest BCUT2D eigenvalue weighted by Crippen LogP contribution is 2.31. The SMILES string of the molecule is Clc1ccc(CC2CCNCC2)c(Oc2ccccc2)c1. The van der Waals surface area contributed by atoms with Crippen LogP contribution in [0.2, 0.25) is 5.02 Å². The highest BCUT2D eigenvalue weighted by atomic mass is 35.5. The summed E-state index contributed by atoms with van der Waals surface area (Å²) >= 11 is 6.14. The molecular formula is C18H20ClNO. The largest absolute Gasteiger partial charge is 0.457 e. The van der Waals surface area contributed by atoms with Gasteiger partial charge in [-0.05, 0) is 68.1 Å². The Labute approximate surface area is 131 Å². The van der Waals surface area contributed by atoms with Gasteiger partial charge < -0.3 is 10.1 Å². The molecule has 0 unspecified atom stereocenters. The van der Waals surface area contributed by atoms with Gasteiger partial charge in [-0.15, -0.1) is 0 Å². The second-order valence-corrected chi connectivity index (χ2v) is 6.00. The van der Waals surface area contributed by atoms with Gasteiger partial charge in [-0.1, -0.05) is 35.9 Å². The zero-order chi connectivity index (χ0) is 14.5. The average molecular weight is 302 g/mol. The topological polar surface area (TPSA) is 21.3 Å². The zero-order valence-corrected chi connectivity index (χ0v) is 12.8. The fourth-order valence-corrected chi connectivity index (χ4v) is 2.97. The van der Waals surface area contributed by atoms with E-state index in [2.05, 4.69) is 11.4 Å². The van der Waals surface area contributed by atoms with Crippen LogP contribution in [0.3, 0.4) is 0 Å². The normalized spacial score (nSPS) is 15.9. The van der Waals surface area contributed by atoms with Crippen LogP contribution in [0.4, 0.5) is 0 Å². The summed E-state index contributed by atoms with van der Waals surface area (Å²) < 4.78 is 6.03. The quantitative estimate of drug-likeness (QED) is 0.885. The summed E-state index contributed by atoms with van der Waals surface area (Å²) in [6.45, 7) is 2.24. The van der Waals surface area contributed by atoms with Crippen molar-refractivity contribution in [1.29, 1.82) is 0 Å². The van der Waals surface area contributed by atoms with Crippen molar-refractivity contribution in [3.8, 4) is 11.5 Å². The Balaban J connectivity index is 1.79. The monoisotopic (exact) mass is 301 g/mol. The Kier molecular flexibility index (Phi) is 4.79. The number of hydrogen-bond donors (Lipinski definition) is 1. The summed E-state index contributed by atoms with van der Waals surface area (Å²) in [6, 6.07) is 15.9. The summed E-state index contributed by atoms with van der Waals surface area (Å²) in [5, 5.41) is 4.13. The molecule has 2 aromatic carbocycles. The van der Waals surface area contributed by atoms with Crippen LogP contribution < -0.4 is 10.1 Å². The maximum absolute atomic E-state index is 6.14. The van der Waals surface area contributed by atoms with Crippen molar-refractivity contribution in [2.24, 2.45) is 5.92 Å². The Morgan fingerprint density at radius 3 is 2.57 bits per heavy atom. The molecule has 3 rings (SSSR count). The van der Waals surface area contributed by atoms with Crippen molar-refractivity contribution in [3.05, 3.63) is 59.1 Å². The second kappa shape index (κ2) is 6.97. The van der Waals surface area contributed by atoms with Gasteiger partial charge in [0.1, 0.15) is 11.5 Å². The first-order chi connectivity index (χ1) is 10.3. The summed E-state index contributed by atoms with van der Waals surface area (Å²) in [4.78, 5) is 0. The van der Waals surface area contributed by atoms with E-state index in [0.717, 1.165) is 41.9 Å².